The fraction of sp³-hybridized carbons (Fsp3) is 0.381. The molecular weight excluding hydrogens is 356 g/mol. The molecule has 7 nitrogen and oxygen atoms in total. The fourth-order valence-electron chi connectivity index (χ4n) is 3.30. The second kappa shape index (κ2) is 8.39. The van der Waals surface area contributed by atoms with Crippen molar-refractivity contribution in [3.63, 3.8) is 0 Å². The minimum Gasteiger partial charge on any atom is -0.355 e. The zero-order valence-corrected chi connectivity index (χ0v) is 16.4. The maximum absolute atomic E-state index is 12.7. The standard InChI is InChI=1S/C21H26N4O3/c1-22-20(27)17-9-16(19(26)23-18-10-15(18)12-24(2)3)13-25(21(17)28)11-14-7-5-4-6-8-14/h4-9,13,15,18H,10-12H2,1-3H3,(H,22,27)(H,23,26)/t15-,18+/m0/s1. The summed E-state index contributed by atoms with van der Waals surface area (Å²) in [4.78, 5) is 39.7. The molecule has 0 aliphatic heterocycles. The Labute approximate surface area is 164 Å². The highest BCUT2D eigenvalue weighted by molar-refractivity contribution is 5.99. The predicted octanol–water partition coefficient (Wildman–Crippen LogP) is 0.936. The molecule has 0 unspecified atom stereocenters. The highest BCUT2D eigenvalue weighted by Crippen LogP contribution is 2.30. The van der Waals surface area contributed by atoms with Crippen LogP contribution >= 0.6 is 0 Å². The van der Waals surface area contributed by atoms with Crippen LogP contribution in [0.5, 0.6) is 0 Å². The molecule has 0 saturated heterocycles. The number of nitrogens with zero attached hydrogens (tertiary/aromatic N) is 2. The van der Waals surface area contributed by atoms with Gasteiger partial charge in [0, 0.05) is 25.8 Å². The Morgan fingerprint density at radius 1 is 1.18 bits per heavy atom. The molecule has 0 radical (unpaired) electrons. The van der Waals surface area contributed by atoms with Crippen molar-refractivity contribution in [1.29, 1.82) is 0 Å². The highest BCUT2D eigenvalue weighted by Gasteiger charge is 2.38. The average Bonchev–Trinajstić information content (AvgIpc) is 3.39. The van der Waals surface area contributed by atoms with Gasteiger partial charge in [-0.05, 0) is 38.1 Å². The number of nitrogens with one attached hydrogen (secondary N) is 2. The molecule has 2 aromatic rings. The van der Waals surface area contributed by atoms with Crippen molar-refractivity contribution in [2.45, 2.75) is 19.0 Å². The first kappa shape index (κ1) is 19.8. The van der Waals surface area contributed by atoms with Crippen LogP contribution in [0.3, 0.4) is 0 Å². The normalized spacial score (nSPS) is 18.0. The lowest BCUT2D eigenvalue weighted by atomic mass is 10.1. The molecule has 2 N–H and O–H groups in total. The molecule has 28 heavy (non-hydrogen) atoms. The predicted molar refractivity (Wildman–Crippen MR) is 108 cm³/mol. The number of aromatic nitrogens is 1. The topological polar surface area (TPSA) is 83.4 Å². The van der Waals surface area contributed by atoms with Crippen molar-refractivity contribution in [3.8, 4) is 0 Å². The molecule has 0 spiro atoms. The highest BCUT2D eigenvalue weighted by atomic mass is 16.2. The number of benzene rings is 1. The van der Waals surface area contributed by atoms with Gasteiger partial charge in [-0.25, -0.2) is 0 Å². The van der Waals surface area contributed by atoms with Crippen molar-refractivity contribution >= 4 is 11.8 Å². The van der Waals surface area contributed by atoms with E-state index in [9.17, 15) is 14.4 Å². The summed E-state index contributed by atoms with van der Waals surface area (Å²) < 4.78 is 1.42. The summed E-state index contributed by atoms with van der Waals surface area (Å²) in [7, 11) is 5.48. The minimum atomic E-state index is -0.502. The maximum atomic E-state index is 12.7. The van der Waals surface area contributed by atoms with Gasteiger partial charge in [0.1, 0.15) is 5.56 Å². The number of hydrogen-bond donors (Lipinski definition) is 2. The van der Waals surface area contributed by atoms with E-state index in [-0.39, 0.29) is 24.1 Å². The third kappa shape index (κ3) is 4.67. The molecule has 2 atom stereocenters. The van der Waals surface area contributed by atoms with Crippen LogP contribution in [-0.4, -0.2) is 55.0 Å². The van der Waals surface area contributed by atoms with E-state index in [4.69, 9.17) is 0 Å². The summed E-state index contributed by atoms with van der Waals surface area (Å²) in [6.07, 6.45) is 2.47. The lowest BCUT2D eigenvalue weighted by Crippen LogP contribution is -2.35. The SMILES string of the molecule is CNC(=O)c1cc(C(=O)N[C@@H]2C[C@H]2CN(C)C)cn(Cc2ccccc2)c1=O. The molecule has 1 aliphatic rings. The van der Waals surface area contributed by atoms with Gasteiger partial charge in [0.05, 0.1) is 12.1 Å². The van der Waals surface area contributed by atoms with Crippen molar-refractivity contribution < 1.29 is 9.59 Å². The lowest BCUT2D eigenvalue weighted by molar-refractivity contribution is 0.0947. The van der Waals surface area contributed by atoms with E-state index in [0.717, 1.165) is 18.5 Å². The van der Waals surface area contributed by atoms with Crippen LogP contribution in [0.2, 0.25) is 0 Å². The van der Waals surface area contributed by atoms with Gasteiger partial charge in [0.15, 0.2) is 0 Å². The van der Waals surface area contributed by atoms with Crippen LogP contribution in [0, 0.1) is 5.92 Å². The van der Waals surface area contributed by atoms with E-state index in [0.29, 0.717) is 11.5 Å². The van der Waals surface area contributed by atoms with Crippen LogP contribution < -0.4 is 16.2 Å². The van der Waals surface area contributed by atoms with Gasteiger partial charge >= 0.3 is 0 Å². The zero-order chi connectivity index (χ0) is 20.3. The molecule has 1 aromatic carbocycles. The lowest BCUT2D eigenvalue weighted by Gasteiger charge is -2.13. The quantitative estimate of drug-likeness (QED) is 0.747. The number of hydrogen-bond acceptors (Lipinski definition) is 4. The Morgan fingerprint density at radius 3 is 2.54 bits per heavy atom. The third-order valence-electron chi connectivity index (χ3n) is 4.85. The van der Waals surface area contributed by atoms with E-state index in [1.165, 1.54) is 23.9 Å². The molecule has 7 heteroatoms. The molecule has 1 fully saturated rings. The van der Waals surface area contributed by atoms with E-state index in [1.54, 1.807) is 0 Å². The van der Waals surface area contributed by atoms with Crippen molar-refractivity contribution in [2.75, 3.05) is 27.7 Å². The minimum absolute atomic E-state index is 0.0354. The molecule has 0 bridgehead atoms. The van der Waals surface area contributed by atoms with Gasteiger partial charge in [-0.3, -0.25) is 14.4 Å². The van der Waals surface area contributed by atoms with Crippen LogP contribution in [0.15, 0.2) is 47.4 Å². The van der Waals surface area contributed by atoms with Gasteiger partial charge in [-0.2, -0.15) is 0 Å². The molecule has 1 heterocycles. The van der Waals surface area contributed by atoms with Crippen LogP contribution in [-0.2, 0) is 6.54 Å². The van der Waals surface area contributed by atoms with Crippen molar-refractivity contribution in [1.82, 2.24) is 20.1 Å². The maximum Gasteiger partial charge on any atom is 0.263 e. The largest absolute Gasteiger partial charge is 0.355 e. The summed E-state index contributed by atoms with van der Waals surface area (Å²) in [6, 6.07) is 11.0. The number of rotatable bonds is 7. The van der Waals surface area contributed by atoms with Gasteiger partial charge in [0.25, 0.3) is 17.4 Å². The van der Waals surface area contributed by atoms with Crippen molar-refractivity contribution in [3.05, 3.63) is 69.6 Å². The van der Waals surface area contributed by atoms with Crippen LogP contribution in [0.1, 0.15) is 32.7 Å². The zero-order valence-electron chi connectivity index (χ0n) is 16.4. The third-order valence-corrected chi connectivity index (χ3v) is 4.85. The first-order valence-electron chi connectivity index (χ1n) is 9.35. The molecule has 1 aromatic heterocycles. The van der Waals surface area contributed by atoms with Crippen LogP contribution in [0.4, 0.5) is 0 Å². The van der Waals surface area contributed by atoms with Gasteiger partial charge in [-0.15, -0.1) is 0 Å². The molecule has 1 aliphatic carbocycles. The first-order valence-corrected chi connectivity index (χ1v) is 9.35. The Kier molecular flexibility index (Phi) is 5.94. The second-order valence-electron chi connectivity index (χ2n) is 7.48. The smallest absolute Gasteiger partial charge is 0.263 e. The van der Waals surface area contributed by atoms with Gasteiger partial charge < -0.3 is 20.1 Å². The first-order chi connectivity index (χ1) is 13.4. The molecule has 1 saturated carbocycles. The summed E-state index contributed by atoms with van der Waals surface area (Å²) in [6.45, 7) is 1.21. The summed E-state index contributed by atoms with van der Waals surface area (Å²) >= 11 is 0. The molecule has 3 rings (SSSR count). The average molecular weight is 382 g/mol. The Hall–Kier alpha value is -2.93. The summed E-state index contributed by atoms with van der Waals surface area (Å²) in [5.74, 6) is -0.329. The number of pyridine rings is 1. The van der Waals surface area contributed by atoms with Crippen molar-refractivity contribution in [2.24, 2.45) is 5.92 Å². The monoisotopic (exact) mass is 382 g/mol. The van der Waals surface area contributed by atoms with Crippen LogP contribution in [0.25, 0.3) is 0 Å². The second-order valence-corrected chi connectivity index (χ2v) is 7.48. The Bertz CT molecular complexity index is 921. The van der Waals surface area contributed by atoms with E-state index in [2.05, 4.69) is 15.5 Å². The fourth-order valence-corrected chi connectivity index (χ4v) is 3.30. The van der Waals surface area contributed by atoms with E-state index < -0.39 is 11.5 Å². The Morgan fingerprint density at radius 2 is 1.89 bits per heavy atom. The molecule has 2 amide bonds. The van der Waals surface area contributed by atoms with E-state index in [1.807, 2.05) is 44.4 Å². The Balaban J connectivity index is 1.86. The summed E-state index contributed by atoms with van der Waals surface area (Å²) in [5, 5.41) is 5.48. The van der Waals surface area contributed by atoms with Gasteiger partial charge in [-0.1, -0.05) is 30.3 Å². The van der Waals surface area contributed by atoms with Gasteiger partial charge in [0.2, 0.25) is 0 Å². The number of amides is 2. The molecule has 148 valence electrons. The number of carbonyl (C=O) groups excluding carboxylic acids is 2. The summed E-state index contributed by atoms with van der Waals surface area (Å²) in [5.41, 5.74) is 0.770. The molecular formula is C21H26N4O3. The number of carbonyl (C=O) groups is 2. The van der Waals surface area contributed by atoms with E-state index >= 15 is 0 Å².